The largest absolute Gasteiger partial charge is 0.465 e. The van der Waals surface area contributed by atoms with E-state index in [1.807, 2.05) is 52.1 Å². The van der Waals surface area contributed by atoms with Crippen LogP contribution in [0.25, 0.3) is 28.2 Å². The SMILES string of the molecule is Cc1cc(-c2nc(-c3cnn4ccccc34)nc(N[C@@H]3CCCN(C(=O)O)C3C(C)(C)C)c2F)ccn1. The van der Waals surface area contributed by atoms with Crippen LogP contribution in [0, 0.1) is 18.2 Å². The van der Waals surface area contributed by atoms with Crippen LogP contribution in [0.4, 0.5) is 15.0 Å². The third-order valence-corrected chi connectivity index (χ3v) is 6.77. The van der Waals surface area contributed by atoms with Gasteiger partial charge in [0.2, 0.25) is 0 Å². The van der Waals surface area contributed by atoms with E-state index in [1.54, 1.807) is 29.0 Å². The van der Waals surface area contributed by atoms with Crippen molar-refractivity contribution in [2.45, 2.75) is 52.6 Å². The van der Waals surface area contributed by atoms with Crippen LogP contribution in [0.2, 0.25) is 0 Å². The quantitative estimate of drug-likeness (QED) is 0.390. The average Bonchev–Trinajstić information content (AvgIpc) is 3.29. The van der Waals surface area contributed by atoms with Crippen molar-refractivity contribution in [2.75, 3.05) is 11.9 Å². The number of likely N-dealkylation sites (tertiary alicyclic amines) is 1. The molecule has 0 aromatic carbocycles. The monoisotopic (exact) mass is 503 g/mol. The third-order valence-electron chi connectivity index (χ3n) is 6.77. The highest BCUT2D eigenvalue weighted by molar-refractivity contribution is 5.78. The molecular weight excluding hydrogens is 473 g/mol. The van der Waals surface area contributed by atoms with Crippen molar-refractivity contribution in [1.82, 2.24) is 29.5 Å². The van der Waals surface area contributed by atoms with Gasteiger partial charge in [0.05, 0.1) is 23.3 Å². The van der Waals surface area contributed by atoms with Crippen LogP contribution in [0.5, 0.6) is 0 Å². The van der Waals surface area contributed by atoms with Gasteiger partial charge in [0, 0.05) is 36.2 Å². The summed E-state index contributed by atoms with van der Waals surface area (Å²) in [6, 6.07) is 8.45. The van der Waals surface area contributed by atoms with E-state index < -0.39 is 11.9 Å². The lowest BCUT2D eigenvalue weighted by molar-refractivity contribution is 0.0518. The number of carbonyl (C=O) groups is 1. The number of aryl methyl sites for hydroxylation is 1. The molecule has 4 aromatic rings. The fourth-order valence-corrected chi connectivity index (χ4v) is 5.26. The van der Waals surface area contributed by atoms with Gasteiger partial charge in [0.15, 0.2) is 17.5 Å². The number of fused-ring (bicyclic) bond motifs is 1. The Morgan fingerprint density at radius 1 is 1.22 bits per heavy atom. The molecule has 0 bridgehead atoms. The Morgan fingerprint density at radius 2 is 2.03 bits per heavy atom. The molecule has 0 radical (unpaired) electrons. The van der Waals surface area contributed by atoms with Crippen molar-refractivity contribution in [3.63, 3.8) is 0 Å². The molecule has 1 aliphatic heterocycles. The van der Waals surface area contributed by atoms with Gasteiger partial charge < -0.3 is 15.3 Å². The molecule has 0 spiro atoms. The number of carboxylic acid groups (broad SMARTS) is 1. The molecule has 4 aromatic heterocycles. The molecule has 1 unspecified atom stereocenters. The van der Waals surface area contributed by atoms with Gasteiger partial charge in [-0.25, -0.2) is 23.7 Å². The molecule has 1 amide bonds. The Bertz CT molecular complexity index is 1460. The van der Waals surface area contributed by atoms with E-state index in [0.29, 0.717) is 36.3 Å². The fourth-order valence-electron chi connectivity index (χ4n) is 5.26. The Balaban J connectivity index is 1.65. The van der Waals surface area contributed by atoms with E-state index in [-0.39, 0.29) is 29.0 Å². The van der Waals surface area contributed by atoms with Gasteiger partial charge in [0.25, 0.3) is 0 Å². The van der Waals surface area contributed by atoms with Gasteiger partial charge in [-0.15, -0.1) is 0 Å². The van der Waals surface area contributed by atoms with E-state index in [9.17, 15) is 9.90 Å². The average molecular weight is 504 g/mol. The Hall–Kier alpha value is -4.08. The van der Waals surface area contributed by atoms with Crippen LogP contribution in [-0.4, -0.2) is 59.3 Å². The zero-order valence-corrected chi connectivity index (χ0v) is 21.3. The van der Waals surface area contributed by atoms with Crippen molar-refractivity contribution < 1.29 is 14.3 Å². The highest BCUT2D eigenvalue weighted by Crippen LogP contribution is 2.36. The molecule has 1 aliphatic rings. The first-order valence-corrected chi connectivity index (χ1v) is 12.3. The second-order valence-corrected chi connectivity index (χ2v) is 10.5. The van der Waals surface area contributed by atoms with Crippen molar-refractivity contribution >= 4 is 17.4 Å². The smallest absolute Gasteiger partial charge is 0.407 e. The Morgan fingerprint density at radius 3 is 2.76 bits per heavy atom. The molecule has 1 fully saturated rings. The van der Waals surface area contributed by atoms with Gasteiger partial charge in [-0.2, -0.15) is 5.10 Å². The summed E-state index contributed by atoms with van der Waals surface area (Å²) in [5.74, 6) is -0.227. The fraction of sp³-hybridized carbons (Fsp3) is 0.370. The molecule has 10 heteroatoms. The van der Waals surface area contributed by atoms with E-state index in [1.165, 1.54) is 4.90 Å². The molecular formula is C27H30FN7O2. The first-order chi connectivity index (χ1) is 17.6. The zero-order valence-electron chi connectivity index (χ0n) is 21.3. The molecule has 0 aliphatic carbocycles. The van der Waals surface area contributed by atoms with Crippen molar-refractivity contribution in [2.24, 2.45) is 5.41 Å². The first kappa shape index (κ1) is 24.6. The lowest BCUT2D eigenvalue weighted by atomic mass is 9.77. The number of nitrogens with one attached hydrogen (secondary N) is 1. The van der Waals surface area contributed by atoms with Crippen LogP contribution >= 0.6 is 0 Å². The lowest BCUT2D eigenvalue weighted by Crippen LogP contribution is -2.58. The van der Waals surface area contributed by atoms with Gasteiger partial charge in [-0.05, 0) is 49.4 Å². The highest BCUT2D eigenvalue weighted by Gasteiger charge is 2.42. The standard InChI is InChI=1S/C27H30FN7O2/c1-16-14-17(10-11-29-16)22-21(28)25(31-19-8-7-12-34(26(36)37)23(19)27(2,3)4)33-24(32-22)18-15-30-35-13-6-5-9-20(18)35/h5-6,9-11,13-15,19,23H,7-8,12H2,1-4H3,(H,36,37)(H,31,32,33)/t19-,23?/m1/s1. The molecule has 0 saturated carbocycles. The number of halogens is 1. The van der Waals surface area contributed by atoms with E-state index in [0.717, 1.165) is 11.2 Å². The van der Waals surface area contributed by atoms with Crippen LogP contribution in [0.3, 0.4) is 0 Å². The minimum atomic E-state index is -0.977. The molecule has 9 nitrogen and oxygen atoms in total. The zero-order chi connectivity index (χ0) is 26.3. The number of aromatic nitrogens is 5. The summed E-state index contributed by atoms with van der Waals surface area (Å²) in [5.41, 5.74) is 2.54. The number of piperidine rings is 1. The second-order valence-electron chi connectivity index (χ2n) is 10.5. The van der Waals surface area contributed by atoms with Crippen molar-refractivity contribution in [1.29, 1.82) is 0 Å². The predicted molar refractivity (Wildman–Crippen MR) is 139 cm³/mol. The summed E-state index contributed by atoms with van der Waals surface area (Å²) in [5, 5.41) is 17.6. The molecule has 192 valence electrons. The second kappa shape index (κ2) is 9.42. The Kier molecular flexibility index (Phi) is 6.26. The molecule has 37 heavy (non-hydrogen) atoms. The van der Waals surface area contributed by atoms with Crippen molar-refractivity contribution in [3.8, 4) is 22.6 Å². The van der Waals surface area contributed by atoms with Gasteiger partial charge in [0.1, 0.15) is 5.69 Å². The third kappa shape index (κ3) is 4.71. The summed E-state index contributed by atoms with van der Waals surface area (Å²) in [7, 11) is 0. The maximum Gasteiger partial charge on any atom is 0.407 e. The summed E-state index contributed by atoms with van der Waals surface area (Å²) >= 11 is 0. The van der Waals surface area contributed by atoms with E-state index >= 15 is 4.39 Å². The lowest BCUT2D eigenvalue weighted by Gasteiger charge is -2.47. The molecule has 2 atom stereocenters. The normalized spacial score (nSPS) is 18.2. The summed E-state index contributed by atoms with van der Waals surface area (Å²) in [4.78, 5) is 27.0. The number of amides is 1. The molecule has 5 rings (SSSR count). The van der Waals surface area contributed by atoms with Crippen LogP contribution in [-0.2, 0) is 0 Å². The van der Waals surface area contributed by atoms with Crippen LogP contribution < -0.4 is 5.32 Å². The highest BCUT2D eigenvalue weighted by atomic mass is 19.1. The maximum atomic E-state index is 16.1. The van der Waals surface area contributed by atoms with Gasteiger partial charge >= 0.3 is 6.09 Å². The first-order valence-electron chi connectivity index (χ1n) is 12.3. The maximum absolute atomic E-state index is 16.1. The number of pyridine rings is 2. The minimum Gasteiger partial charge on any atom is -0.465 e. The Labute approximate surface area is 214 Å². The number of hydrogen-bond donors (Lipinski definition) is 2. The number of anilines is 1. The van der Waals surface area contributed by atoms with Gasteiger partial charge in [-0.1, -0.05) is 26.8 Å². The predicted octanol–water partition coefficient (Wildman–Crippen LogP) is 5.27. The van der Waals surface area contributed by atoms with E-state index in [4.69, 9.17) is 0 Å². The topological polar surface area (TPSA) is 109 Å². The van der Waals surface area contributed by atoms with Crippen LogP contribution in [0.15, 0.2) is 48.9 Å². The van der Waals surface area contributed by atoms with E-state index in [2.05, 4.69) is 25.4 Å². The molecule has 1 saturated heterocycles. The van der Waals surface area contributed by atoms with Crippen LogP contribution in [0.1, 0.15) is 39.3 Å². The molecule has 5 heterocycles. The molecule has 2 N–H and O–H groups in total. The summed E-state index contributed by atoms with van der Waals surface area (Å²) in [6.07, 6.45) is 5.49. The minimum absolute atomic E-state index is 0.0382. The number of nitrogens with zero attached hydrogens (tertiary/aromatic N) is 6. The number of hydrogen-bond acceptors (Lipinski definition) is 6. The number of rotatable bonds is 4. The summed E-state index contributed by atoms with van der Waals surface area (Å²) < 4.78 is 17.8. The van der Waals surface area contributed by atoms with Gasteiger partial charge in [-0.3, -0.25) is 4.98 Å². The van der Waals surface area contributed by atoms with Crippen molar-refractivity contribution in [3.05, 3.63) is 60.4 Å². The summed E-state index contributed by atoms with van der Waals surface area (Å²) in [6.45, 7) is 8.28.